The number of halogens is 2. The minimum Gasteiger partial charge on any atom is -0.476 e. The molecule has 0 fully saturated rings. The number of pyridine rings is 1. The van der Waals surface area contributed by atoms with E-state index < -0.39 is 0 Å². The number of ether oxygens (including phenoxy) is 1. The van der Waals surface area contributed by atoms with E-state index in [2.05, 4.69) is 40.1 Å². The number of aromatic nitrogens is 1. The fourth-order valence-corrected chi connectivity index (χ4v) is 2.16. The van der Waals surface area contributed by atoms with Crippen molar-refractivity contribution in [3.63, 3.8) is 0 Å². The molecule has 3 N–H and O–H groups in total. The molecule has 21 heavy (non-hydrogen) atoms. The third-order valence-corrected chi connectivity index (χ3v) is 4.06. The molecule has 112 valence electrons. The largest absolute Gasteiger partial charge is 0.476 e. The van der Waals surface area contributed by atoms with Crippen molar-refractivity contribution < 1.29 is 4.74 Å². The van der Waals surface area contributed by atoms with Gasteiger partial charge in [-0.25, -0.2) is 0 Å². The smallest absolute Gasteiger partial charge is 0.239 e. The summed E-state index contributed by atoms with van der Waals surface area (Å²) in [5.41, 5.74) is 7.23. The molecule has 0 aliphatic heterocycles. The minimum atomic E-state index is 0.407. The third-order valence-electron chi connectivity index (χ3n) is 2.66. The highest BCUT2D eigenvalue weighted by Crippen LogP contribution is 2.32. The lowest BCUT2D eigenvalue weighted by molar-refractivity contribution is 0.263. The summed E-state index contributed by atoms with van der Waals surface area (Å²) < 4.78 is 6.40. The van der Waals surface area contributed by atoms with Crippen molar-refractivity contribution in [1.82, 2.24) is 4.98 Å². The van der Waals surface area contributed by atoms with Crippen molar-refractivity contribution in [2.45, 2.75) is 13.8 Å². The second-order valence-corrected chi connectivity index (χ2v) is 6.22. The van der Waals surface area contributed by atoms with Crippen LogP contribution in [0.3, 0.4) is 0 Å². The molecule has 1 aromatic carbocycles. The van der Waals surface area contributed by atoms with Crippen molar-refractivity contribution in [3.05, 3.63) is 39.8 Å². The Balaban J connectivity index is 2.20. The lowest BCUT2D eigenvalue weighted by atomic mass is 10.2. The summed E-state index contributed by atoms with van der Waals surface area (Å²) in [7, 11) is 0. The summed E-state index contributed by atoms with van der Waals surface area (Å²) in [6.45, 7) is 4.71. The van der Waals surface area contributed by atoms with Crippen LogP contribution in [0, 0.1) is 5.92 Å². The van der Waals surface area contributed by atoms with E-state index in [1.807, 2.05) is 18.2 Å². The Morgan fingerprint density at radius 1 is 1.33 bits per heavy atom. The Morgan fingerprint density at radius 3 is 2.81 bits per heavy atom. The van der Waals surface area contributed by atoms with Gasteiger partial charge < -0.3 is 15.8 Å². The number of nitrogens with one attached hydrogen (secondary N) is 1. The summed E-state index contributed by atoms with van der Waals surface area (Å²) in [6.07, 6.45) is 0. The number of anilines is 3. The summed E-state index contributed by atoms with van der Waals surface area (Å²) in [5, 5.41) is 3.82. The van der Waals surface area contributed by atoms with Crippen LogP contribution < -0.4 is 15.8 Å². The quantitative estimate of drug-likeness (QED) is 0.789. The van der Waals surface area contributed by atoms with Gasteiger partial charge in [0.15, 0.2) is 0 Å². The molecule has 0 spiro atoms. The van der Waals surface area contributed by atoms with Crippen molar-refractivity contribution in [3.8, 4) is 5.88 Å². The minimum absolute atomic E-state index is 0.407. The van der Waals surface area contributed by atoms with Crippen LogP contribution in [-0.4, -0.2) is 11.6 Å². The molecule has 0 bridgehead atoms. The molecule has 1 aromatic heterocycles. The normalized spacial score (nSPS) is 10.7. The van der Waals surface area contributed by atoms with Crippen LogP contribution in [0.15, 0.2) is 34.8 Å². The highest BCUT2D eigenvalue weighted by Gasteiger charge is 2.08. The first-order valence-corrected chi connectivity index (χ1v) is 7.75. The van der Waals surface area contributed by atoms with Gasteiger partial charge in [0.2, 0.25) is 5.88 Å². The molecule has 1 heterocycles. The van der Waals surface area contributed by atoms with Crippen LogP contribution in [0.2, 0.25) is 5.02 Å². The molecule has 0 atom stereocenters. The zero-order chi connectivity index (χ0) is 15.4. The fraction of sp³-hybridized carbons (Fsp3) is 0.267. The molecular weight excluding hydrogens is 354 g/mol. The van der Waals surface area contributed by atoms with Crippen LogP contribution in [-0.2, 0) is 0 Å². The number of hydrogen-bond donors (Lipinski definition) is 2. The molecule has 0 saturated heterocycles. The van der Waals surface area contributed by atoms with Gasteiger partial charge in [-0.2, -0.15) is 4.98 Å². The maximum Gasteiger partial charge on any atom is 0.239 e. The lowest BCUT2D eigenvalue weighted by Gasteiger charge is -2.13. The summed E-state index contributed by atoms with van der Waals surface area (Å²) in [6, 6.07) is 9.14. The molecule has 0 amide bonds. The Bertz CT molecular complexity index is 634. The zero-order valence-corrected chi connectivity index (χ0v) is 14.2. The lowest BCUT2D eigenvalue weighted by Crippen LogP contribution is -2.08. The van der Waals surface area contributed by atoms with E-state index in [1.54, 1.807) is 12.1 Å². The molecule has 0 unspecified atom stereocenters. The first-order chi connectivity index (χ1) is 9.97. The van der Waals surface area contributed by atoms with E-state index >= 15 is 0 Å². The van der Waals surface area contributed by atoms with Gasteiger partial charge in [0, 0.05) is 0 Å². The van der Waals surface area contributed by atoms with Crippen LogP contribution in [0.5, 0.6) is 5.88 Å². The molecule has 6 heteroatoms. The Kier molecular flexibility index (Phi) is 5.31. The van der Waals surface area contributed by atoms with E-state index in [1.165, 1.54) is 0 Å². The highest BCUT2D eigenvalue weighted by atomic mass is 79.9. The number of nitrogens with two attached hydrogens (primary N) is 1. The number of nitrogens with zero attached hydrogens (tertiary/aromatic N) is 1. The van der Waals surface area contributed by atoms with E-state index in [-0.39, 0.29) is 0 Å². The number of hydrogen-bond acceptors (Lipinski definition) is 4. The molecule has 2 rings (SSSR count). The highest BCUT2D eigenvalue weighted by molar-refractivity contribution is 9.10. The maximum atomic E-state index is 6.07. The number of benzene rings is 1. The first-order valence-electron chi connectivity index (χ1n) is 6.57. The Morgan fingerprint density at radius 2 is 2.10 bits per heavy atom. The average Bonchev–Trinajstić information content (AvgIpc) is 2.44. The van der Waals surface area contributed by atoms with Gasteiger partial charge >= 0.3 is 0 Å². The van der Waals surface area contributed by atoms with Crippen molar-refractivity contribution >= 4 is 44.7 Å². The summed E-state index contributed by atoms with van der Waals surface area (Å²) >= 11 is 9.51. The van der Waals surface area contributed by atoms with Crippen LogP contribution in [0.1, 0.15) is 13.8 Å². The zero-order valence-electron chi connectivity index (χ0n) is 11.9. The molecule has 4 nitrogen and oxygen atoms in total. The second-order valence-electron chi connectivity index (χ2n) is 5.02. The molecule has 0 aliphatic carbocycles. The van der Waals surface area contributed by atoms with Gasteiger partial charge in [0.25, 0.3) is 0 Å². The molecule has 0 aliphatic rings. The van der Waals surface area contributed by atoms with E-state index in [0.29, 0.717) is 34.9 Å². The van der Waals surface area contributed by atoms with E-state index in [9.17, 15) is 0 Å². The topological polar surface area (TPSA) is 60.2 Å². The van der Waals surface area contributed by atoms with Gasteiger partial charge in [0.05, 0.1) is 27.5 Å². The predicted molar refractivity (Wildman–Crippen MR) is 91.4 cm³/mol. The monoisotopic (exact) mass is 369 g/mol. The van der Waals surface area contributed by atoms with Gasteiger partial charge in [0.1, 0.15) is 5.82 Å². The van der Waals surface area contributed by atoms with E-state index in [0.717, 1.165) is 10.2 Å². The van der Waals surface area contributed by atoms with Crippen molar-refractivity contribution in [2.24, 2.45) is 5.92 Å². The SMILES string of the molecule is CC(C)COc1nc(Nc2cccc(Cl)c2Br)ccc1N. The predicted octanol–water partition coefficient (Wildman–Crippen LogP) is 4.86. The summed E-state index contributed by atoms with van der Waals surface area (Å²) in [5.74, 6) is 1.49. The number of rotatable bonds is 5. The number of nitrogen functional groups attached to an aromatic ring is 1. The summed E-state index contributed by atoms with van der Waals surface area (Å²) in [4.78, 5) is 4.39. The third kappa shape index (κ3) is 4.25. The van der Waals surface area contributed by atoms with Crippen molar-refractivity contribution in [2.75, 3.05) is 17.7 Å². The molecule has 2 aromatic rings. The van der Waals surface area contributed by atoms with Crippen molar-refractivity contribution in [1.29, 1.82) is 0 Å². The van der Waals surface area contributed by atoms with Gasteiger partial charge in [-0.3, -0.25) is 0 Å². The van der Waals surface area contributed by atoms with E-state index in [4.69, 9.17) is 22.1 Å². The van der Waals surface area contributed by atoms with Crippen LogP contribution in [0.4, 0.5) is 17.2 Å². The maximum absolute atomic E-state index is 6.07. The van der Waals surface area contributed by atoms with Gasteiger partial charge in [-0.15, -0.1) is 0 Å². The van der Waals surface area contributed by atoms with Gasteiger partial charge in [-0.1, -0.05) is 31.5 Å². The fourth-order valence-electron chi connectivity index (χ4n) is 1.62. The standard InChI is InChI=1S/C15H17BrClN3O/c1-9(2)8-21-15-11(18)6-7-13(20-15)19-12-5-3-4-10(17)14(12)16/h3-7,9H,8,18H2,1-2H3,(H,19,20). The first kappa shape index (κ1) is 15.9. The Labute approximate surface area is 137 Å². The Hall–Kier alpha value is -1.46. The molecule has 0 radical (unpaired) electrons. The van der Waals surface area contributed by atoms with Gasteiger partial charge in [-0.05, 0) is 46.1 Å². The van der Waals surface area contributed by atoms with Crippen LogP contribution in [0.25, 0.3) is 0 Å². The average molecular weight is 371 g/mol. The van der Waals surface area contributed by atoms with Crippen LogP contribution >= 0.6 is 27.5 Å². The second kappa shape index (κ2) is 7.00. The molecule has 0 saturated carbocycles. The molecular formula is C15H17BrClN3O.